The van der Waals surface area contributed by atoms with Crippen LogP contribution in [0.2, 0.25) is 0 Å². The molecule has 0 bridgehead atoms. The van der Waals surface area contributed by atoms with E-state index in [1.54, 1.807) is 0 Å². The summed E-state index contributed by atoms with van der Waals surface area (Å²) in [7, 11) is 0. The Kier molecular flexibility index (Phi) is 4.93. The molecule has 1 fully saturated rings. The molecule has 1 unspecified atom stereocenters. The number of nitrogens with zero attached hydrogens (tertiary/aromatic N) is 2. The van der Waals surface area contributed by atoms with Crippen molar-refractivity contribution in [1.29, 1.82) is 0 Å². The highest BCUT2D eigenvalue weighted by Gasteiger charge is 2.33. The standard InChI is InChI=1S/C22H27N3O/c1-18(25-12-11-19-7-5-6-8-20(19)17-25)22(26)24-15-13-23(14-16-24)21-9-3-2-4-10-21/h2-10,18H,11-17H2,1H3/p+1/t18-/m1/s1. The molecule has 0 spiro atoms. The maximum atomic E-state index is 13.0. The van der Waals surface area contributed by atoms with E-state index in [1.165, 1.54) is 21.7 Å². The number of hydrogen-bond donors (Lipinski definition) is 1. The number of quaternary nitrogens is 1. The van der Waals surface area contributed by atoms with Gasteiger partial charge in [0.25, 0.3) is 5.91 Å². The molecule has 1 N–H and O–H groups in total. The monoisotopic (exact) mass is 350 g/mol. The number of fused-ring (bicyclic) bond motifs is 1. The molecule has 0 aliphatic carbocycles. The average Bonchev–Trinajstić information content (AvgIpc) is 2.73. The minimum Gasteiger partial charge on any atom is -0.368 e. The molecule has 2 aliphatic rings. The second kappa shape index (κ2) is 7.50. The van der Waals surface area contributed by atoms with Gasteiger partial charge < -0.3 is 14.7 Å². The van der Waals surface area contributed by atoms with Crippen molar-refractivity contribution in [3.63, 3.8) is 0 Å². The molecule has 0 saturated carbocycles. The minimum atomic E-state index is 0.0339. The first-order valence-corrected chi connectivity index (χ1v) is 9.72. The van der Waals surface area contributed by atoms with Crippen molar-refractivity contribution in [3.05, 3.63) is 65.7 Å². The highest BCUT2D eigenvalue weighted by molar-refractivity contribution is 5.80. The van der Waals surface area contributed by atoms with Crippen LogP contribution in [-0.2, 0) is 17.8 Å². The summed E-state index contributed by atoms with van der Waals surface area (Å²) in [6, 6.07) is 19.2. The van der Waals surface area contributed by atoms with E-state index in [4.69, 9.17) is 0 Å². The number of carbonyl (C=O) groups is 1. The lowest BCUT2D eigenvalue weighted by atomic mass is 9.98. The molecular weight excluding hydrogens is 322 g/mol. The van der Waals surface area contributed by atoms with Crippen LogP contribution in [0.1, 0.15) is 18.1 Å². The summed E-state index contributed by atoms with van der Waals surface area (Å²) < 4.78 is 0. The molecule has 4 heteroatoms. The second-order valence-electron chi connectivity index (χ2n) is 7.47. The van der Waals surface area contributed by atoms with Crippen molar-refractivity contribution in [1.82, 2.24) is 4.90 Å². The van der Waals surface area contributed by atoms with Gasteiger partial charge in [0.15, 0.2) is 6.04 Å². The van der Waals surface area contributed by atoms with Gasteiger partial charge in [-0.15, -0.1) is 0 Å². The molecule has 0 aromatic heterocycles. The van der Waals surface area contributed by atoms with E-state index >= 15 is 0 Å². The van der Waals surface area contributed by atoms with Gasteiger partial charge in [-0.05, 0) is 24.6 Å². The van der Waals surface area contributed by atoms with Crippen molar-refractivity contribution < 1.29 is 9.69 Å². The average molecular weight is 350 g/mol. The zero-order valence-electron chi connectivity index (χ0n) is 15.5. The smallest absolute Gasteiger partial charge is 0.280 e. The largest absolute Gasteiger partial charge is 0.368 e. The SMILES string of the molecule is C[C@H](C(=O)N1CCN(c2ccccc2)CC1)[NH+]1CCc2ccccc2C1. The van der Waals surface area contributed by atoms with E-state index in [1.807, 2.05) is 6.07 Å². The van der Waals surface area contributed by atoms with E-state index in [0.717, 1.165) is 45.7 Å². The molecule has 4 nitrogen and oxygen atoms in total. The Hall–Kier alpha value is -2.33. The number of anilines is 1. The fourth-order valence-electron chi connectivity index (χ4n) is 4.24. The first-order chi connectivity index (χ1) is 12.7. The zero-order chi connectivity index (χ0) is 17.9. The van der Waals surface area contributed by atoms with Gasteiger partial charge in [0, 0.05) is 43.9 Å². The van der Waals surface area contributed by atoms with Gasteiger partial charge in [0.2, 0.25) is 0 Å². The maximum Gasteiger partial charge on any atom is 0.280 e. The highest BCUT2D eigenvalue weighted by atomic mass is 16.2. The summed E-state index contributed by atoms with van der Waals surface area (Å²) >= 11 is 0. The predicted molar refractivity (Wildman–Crippen MR) is 104 cm³/mol. The topological polar surface area (TPSA) is 28.0 Å². The summed E-state index contributed by atoms with van der Waals surface area (Å²) in [6.45, 7) is 7.60. The summed E-state index contributed by atoms with van der Waals surface area (Å²) in [6.07, 6.45) is 1.07. The summed E-state index contributed by atoms with van der Waals surface area (Å²) in [5.41, 5.74) is 4.11. The molecule has 2 heterocycles. The number of carbonyl (C=O) groups excluding carboxylic acids is 1. The molecule has 2 atom stereocenters. The van der Waals surface area contributed by atoms with Crippen molar-refractivity contribution >= 4 is 11.6 Å². The Bertz CT molecular complexity index is 753. The Balaban J connectivity index is 1.35. The molecule has 4 rings (SSSR count). The van der Waals surface area contributed by atoms with Crippen LogP contribution in [0.3, 0.4) is 0 Å². The molecule has 1 amide bonds. The fraction of sp³-hybridized carbons (Fsp3) is 0.409. The quantitative estimate of drug-likeness (QED) is 0.905. The number of hydrogen-bond acceptors (Lipinski definition) is 2. The van der Waals surface area contributed by atoms with Crippen LogP contribution in [0.25, 0.3) is 0 Å². The minimum absolute atomic E-state index is 0.0339. The summed E-state index contributed by atoms with van der Waals surface area (Å²) in [4.78, 5) is 18.9. The predicted octanol–water partition coefficient (Wildman–Crippen LogP) is 1.36. The lowest BCUT2D eigenvalue weighted by molar-refractivity contribution is -0.930. The van der Waals surface area contributed by atoms with Crippen LogP contribution < -0.4 is 9.80 Å². The van der Waals surface area contributed by atoms with Crippen molar-refractivity contribution in [2.24, 2.45) is 0 Å². The normalized spacial score (nSPS) is 21.2. The first-order valence-electron chi connectivity index (χ1n) is 9.72. The van der Waals surface area contributed by atoms with Crippen LogP contribution >= 0.6 is 0 Å². The van der Waals surface area contributed by atoms with Gasteiger partial charge in [-0.25, -0.2) is 0 Å². The van der Waals surface area contributed by atoms with Gasteiger partial charge in [-0.2, -0.15) is 0 Å². The number of amides is 1. The summed E-state index contributed by atoms with van der Waals surface area (Å²) in [5, 5.41) is 0. The lowest BCUT2D eigenvalue weighted by Gasteiger charge is -2.38. The third-order valence-electron chi connectivity index (χ3n) is 5.95. The highest BCUT2D eigenvalue weighted by Crippen LogP contribution is 2.16. The van der Waals surface area contributed by atoms with Gasteiger partial charge >= 0.3 is 0 Å². The summed E-state index contributed by atoms with van der Waals surface area (Å²) in [5.74, 6) is 0.312. The molecule has 1 saturated heterocycles. The maximum absolute atomic E-state index is 13.0. The second-order valence-corrected chi connectivity index (χ2v) is 7.47. The Labute approximate surface area is 156 Å². The molecule has 136 valence electrons. The molecular formula is C22H28N3O+. The van der Waals surface area contributed by atoms with Crippen LogP contribution in [-0.4, -0.2) is 49.6 Å². The number of rotatable bonds is 3. The van der Waals surface area contributed by atoms with Crippen LogP contribution in [0, 0.1) is 0 Å². The Morgan fingerprint density at radius 1 is 0.923 bits per heavy atom. The van der Waals surface area contributed by atoms with Crippen LogP contribution in [0.5, 0.6) is 0 Å². The molecule has 0 radical (unpaired) electrons. The third-order valence-corrected chi connectivity index (χ3v) is 5.95. The van der Waals surface area contributed by atoms with Crippen molar-refractivity contribution in [2.45, 2.75) is 25.9 Å². The number of benzene rings is 2. The van der Waals surface area contributed by atoms with Gasteiger partial charge in [-0.1, -0.05) is 42.5 Å². The molecule has 2 aromatic carbocycles. The van der Waals surface area contributed by atoms with Gasteiger partial charge in [0.1, 0.15) is 6.54 Å². The van der Waals surface area contributed by atoms with E-state index in [9.17, 15) is 4.79 Å². The van der Waals surface area contributed by atoms with Crippen LogP contribution in [0.4, 0.5) is 5.69 Å². The third kappa shape index (κ3) is 3.47. The van der Waals surface area contributed by atoms with E-state index < -0.39 is 0 Å². The number of piperazine rings is 1. The molecule has 2 aliphatic heterocycles. The number of nitrogens with one attached hydrogen (secondary N) is 1. The Morgan fingerprint density at radius 3 is 2.31 bits per heavy atom. The van der Waals surface area contributed by atoms with Crippen molar-refractivity contribution in [2.75, 3.05) is 37.6 Å². The number of para-hydroxylation sites is 1. The van der Waals surface area contributed by atoms with E-state index in [0.29, 0.717) is 5.91 Å². The van der Waals surface area contributed by atoms with Crippen LogP contribution in [0.15, 0.2) is 54.6 Å². The van der Waals surface area contributed by atoms with Gasteiger partial charge in [0.05, 0.1) is 6.54 Å². The van der Waals surface area contributed by atoms with E-state index in [-0.39, 0.29) is 6.04 Å². The Morgan fingerprint density at radius 2 is 1.58 bits per heavy atom. The molecule has 26 heavy (non-hydrogen) atoms. The fourth-order valence-corrected chi connectivity index (χ4v) is 4.24. The molecule has 2 aromatic rings. The van der Waals surface area contributed by atoms with Gasteiger partial charge in [-0.3, -0.25) is 4.79 Å². The van der Waals surface area contributed by atoms with Crippen molar-refractivity contribution in [3.8, 4) is 0 Å². The van der Waals surface area contributed by atoms with E-state index in [2.05, 4.69) is 65.3 Å². The lowest BCUT2D eigenvalue weighted by Crippen LogP contribution is -3.16. The zero-order valence-corrected chi connectivity index (χ0v) is 15.5. The first kappa shape index (κ1) is 17.1.